The first-order valence-corrected chi connectivity index (χ1v) is 14.9. The van der Waals surface area contributed by atoms with Gasteiger partial charge in [-0.15, -0.1) is 11.8 Å². The SMILES string of the molecule is COc1cc2c(c(OC)c1OC)-c1ccc(SC)c(=O)cc1[C@@H](NC(=O)C1C(C)N1C(=O)OCc1ccccc1)CC2. The topological polar surface area (TPSA) is 103 Å². The number of nitrogens with one attached hydrogen (secondary N) is 1. The maximum absolute atomic E-state index is 13.6. The van der Waals surface area contributed by atoms with Crippen LogP contribution < -0.4 is 25.0 Å². The lowest BCUT2D eigenvalue weighted by atomic mass is 9.95. The fourth-order valence-electron chi connectivity index (χ4n) is 5.64. The van der Waals surface area contributed by atoms with Crippen molar-refractivity contribution in [3.63, 3.8) is 0 Å². The molecule has 0 bridgehead atoms. The zero-order valence-corrected chi connectivity index (χ0v) is 25.1. The second-order valence-corrected chi connectivity index (χ2v) is 11.0. The number of ether oxygens (including phenoxy) is 4. The molecule has 1 N–H and O–H groups in total. The van der Waals surface area contributed by atoms with Gasteiger partial charge in [0.2, 0.25) is 11.7 Å². The Hall–Kier alpha value is -4.18. The largest absolute Gasteiger partial charge is 0.493 e. The van der Waals surface area contributed by atoms with Crippen LogP contribution in [0.1, 0.15) is 36.1 Å². The number of hydrogen-bond acceptors (Lipinski definition) is 8. The van der Waals surface area contributed by atoms with E-state index >= 15 is 0 Å². The summed E-state index contributed by atoms with van der Waals surface area (Å²) in [6.07, 6.45) is 2.40. The van der Waals surface area contributed by atoms with E-state index in [1.165, 1.54) is 16.7 Å². The van der Waals surface area contributed by atoms with Crippen LogP contribution in [0.4, 0.5) is 4.79 Å². The van der Waals surface area contributed by atoms with Gasteiger partial charge >= 0.3 is 6.09 Å². The van der Waals surface area contributed by atoms with Crippen LogP contribution in [0.3, 0.4) is 0 Å². The average molecular weight is 591 g/mol. The van der Waals surface area contributed by atoms with Crippen LogP contribution in [0.15, 0.2) is 64.3 Å². The highest BCUT2D eigenvalue weighted by molar-refractivity contribution is 7.98. The number of fused-ring (bicyclic) bond motifs is 3. The zero-order chi connectivity index (χ0) is 30.0. The zero-order valence-electron chi connectivity index (χ0n) is 24.3. The number of thioether (sulfide) groups is 1. The Labute approximate surface area is 249 Å². The van der Waals surface area contributed by atoms with Crippen LogP contribution in [0.2, 0.25) is 0 Å². The van der Waals surface area contributed by atoms with Gasteiger partial charge in [-0.3, -0.25) is 14.5 Å². The van der Waals surface area contributed by atoms with Crippen molar-refractivity contribution >= 4 is 23.8 Å². The molecule has 1 fully saturated rings. The first-order chi connectivity index (χ1) is 20.3. The number of carbonyl (C=O) groups is 2. The molecule has 2 unspecified atom stereocenters. The van der Waals surface area contributed by atoms with E-state index in [1.807, 2.05) is 55.6 Å². The highest BCUT2D eigenvalue weighted by Gasteiger charge is 2.54. The molecular formula is C32H34N2O7S. The minimum Gasteiger partial charge on any atom is -0.493 e. The molecule has 3 aromatic rings. The molecule has 3 aromatic carbocycles. The monoisotopic (exact) mass is 590 g/mol. The van der Waals surface area contributed by atoms with Crippen LogP contribution in [0.5, 0.6) is 17.2 Å². The van der Waals surface area contributed by atoms with E-state index in [-0.39, 0.29) is 24.0 Å². The summed E-state index contributed by atoms with van der Waals surface area (Å²) >= 11 is 1.36. The van der Waals surface area contributed by atoms with Gasteiger partial charge in [0.25, 0.3) is 0 Å². The highest BCUT2D eigenvalue weighted by atomic mass is 32.2. The number of amides is 2. The molecule has 2 aliphatic rings. The third-order valence-corrected chi connectivity index (χ3v) is 8.60. The van der Waals surface area contributed by atoms with Crippen molar-refractivity contribution in [2.24, 2.45) is 0 Å². The minimum absolute atomic E-state index is 0.126. The second-order valence-electron chi connectivity index (χ2n) is 10.2. The number of hydrogen-bond donors (Lipinski definition) is 1. The van der Waals surface area contributed by atoms with Gasteiger partial charge in [-0.2, -0.15) is 0 Å². The number of methoxy groups -OCH3 is 3. The molecule has 0 aromatic heterocycles. The predicted molar refractivity (Wildman–Crippen MR) is 161 cm³/mol. The van der Waals surface area contributed by atoms with Crippen molar-refractivity contribution < 1.29 is 28.5 Å². The molecule has 0 radical (unpaired) electrons. The Morgan fingerprint density at radius 1 is 1.00 bits per heavy atom. The molecule has 1 saturated heterocycles. The van der Waals surface area contributed by atoms with Gasteiger partial charge in [0.15, 0.2) is 16.9 Å². The third-order valence-electron chi connectivity index (χ3n) is 7.83. The first kappa shape index (κ1) is 29.3. The van der Waals surface area contributed by atoms with E-state index in [2.05, 4.69) is 5.32 Å². The molecule has 0 saturated carbocycles. The second kappa shape index (κ2) is 12.4. The Balaban J connectivity index is 1.47. The van der Waals surface area contributed by atoms with Gasteiger partial charge in [0.1, 0.15) is 12.6 Å². The predicted octanol–water partition coefficient (Wildman–Crippen LogP) is 4.97. The first-order valence-electron chi connectivity index (χ1n) is 13.7. The molecule has 0 spiro atoms. The molecule has 5 rings (SSSR count). The van der Waals surface area contributed by atoms with Crippen molar-refractivity contribution in [1.29, 1.82) is 0 Å². The van der Waals surface area contributed by atoms with Crippen molar-refractivity contribution in [2.75, 3.05) is 27.6 Å². The van der Waals surface area contributed by atoms with Crippen molar-refractivity contribution in [2.45, 2.75) is 49.4 Å². The quantitative estimate of drug-likeness (QED) is 0.290. The van der Waals surface area contributed by atoms with Crippen molar-refractivity contribution in [1.82, 2.24) is 10.2 Å². The van der Waals surface area contributed by atoms with Gasteiger partial charge in [-0.1, -0.05) is 36.4 Å². The molecule has 2 amide bonds. The summed E-state index contributed by atoms with van der Waals surface area (Å²) in [5, 5.41) is 3.14. The van der Waals surface area contributed by atoms with Gasteiger partial charge in [-0.25, -0.2) is 4.79 Å². The molecule has 1 heterocycles. The van der Waals surface area contributed by atoms with E-state index in [4.69, 9.17) is 18.9 Å². The number of carbonyl (C=O) groups excluding carboxylic acids is 2. The molecule has 3 atom stereocenters. The summed E-state index contributed by atoms with van der Waals surface area (Å²) in [5.74, 6) is 1.17. The van der Waals surface area contributed by atoms with Gasteiger partial charge in [0, 0.05) is 5.56 Å². The Morgan fingerprint density at radius 3 is 2.40 bits per heavy atom. The Kier molecular flexibility index (Phi) is 8.63. The number of nitrogens with zero attached hydrogens (tertiary/aromatic N) is 1. The summed E-state index contributed by atoms with van der Waals surface area (Å²) in [5.41, 5.74) is 3.88. The van der Waals surface area contributed by atoms with Crippen molar-refractivity contribution in [3.8, 4) is 28.4 Å². The van der Waals surface area contributed by atoms with Crippen LogP contribution in [0.25, 0.3) is 11.1 Å². The lowest BCUT2D eigenvalue weighted by Crippen LogP contribution is -2.35. The molecule has 42 heavy (non-hydrogen) atoms. The fraction of sp³-hybridized carbons (Fsp3) is 0.344. The normalized spacial score (nSPS) is 18.6. The van der Waals surface area contributed by atoms with E-state index in [1.54, 1.807) is 33.5 Å². The lowest BCUT2D eigenvalue weighted by Gasteiger charge is -2.20. The molecule has 9 nitrogen and oxygen atoms in total. The molecular weight excluding hydrogens is 556 g/mol. The van der Waals surface area contributed by atoms with E-state index < -0.39 is 18.2 Å². The Morgan fingerprint density at radius 2 is 1.74 bits per heavy atom. The molecule has 220 valence electrons. The maximum atomic E-state index is 13.6. The summed E-state index contributed by atoms with van der Waals surface area (Å²) in [4.78, 5) is 41.6. The van der Waals surface area contributed by atoms with Gasteiger partial charge in [-0.05, 0) is 66.5 Å². The fourth-order valence-corrected chi connectivity index (χ4v) is 6.11. The Bertz CT molecular complexity index is 1560. The summed E-state index contributed by atoms with van der Waals surface area (Å²) in [7, 11) is 4.68. The summed E-state index contributed by atoms with van der Waals surface area (Å²) < 4.78 is 22.6. The van der Waals surface area contributed by atoms with E-state index in [0.29, 0.717) is 40.5 Å². The van der Waals surface area contributed by atoms with E-state index in [9.17, 15) is 14.4 Å². The van der Waals surface area contributed by atoms with Crippen molar-refractivity contribution in [3.05, 3.63) is 81.5 Å². The highest BCUT2D eigenvalue weighted by Crippen LogP contribution is 2.50. The smallest absolute Gasteiger partial charge is 0.411 e. The van der Waals surface area contributed by atoms with Crippen LogP contribution in [-0.2, 0) is 22.6 Å². The summed E-state index contributed by atoms with van der Waals surface area (Å²) in [6.45, 7) is 1.94. The summed E-state index contributed by atoms with van der Waals surface area (Å²) in [6, 6.07) is 15.1. The average Bonchev–Trinajstić information content (AvgIpc) is 3.74. The molecule has 1 aliphatic carbocycles. The minimum atomic E-state index is -0.664. The number of benzene rings is 2. The standard InChI is InChI=1S/C32H34N2O7S/c1-18-28(34(18)32(37)41-17-19-9-7-6-8-10-19)31(36)33-23-13-11-20-15-25(38-2)29(39-3)30(40-4)27(20)21-12-14-26(42-5)24(35)16-22(21)23/h6-10,12,14-16,18,23,28H,11,13,17H2,1-5H3,(H,33,36)/t18?,23-,28?,34?/m0/s1. The maximum Gasteiger partial charge on any atom is 0.411 e. The lowest BCUT2D eigenvalue weighted by molar-refractivity contribution is -0.122. The van der Waals surface area contributed by atoms with Crippen LogP contribution >= 0.6 is 11.8 Å². The molecule has 10 heteroatoms. The van der Waals surface area contributed by atoms with Crippen LogP contribution in [0, 0.1) is 0 Å². The molecule has 1 aliphatic heterocycles. The van der Waals surface area contributed by atoms with E-state index in [0.717, 1.165) is 22.3 Å². The third kappa shape index (κ3) is 5.51. The van der Waals surface area contributed by atoms with Gasteiger partial charge < -0.3 is 24.3 Å². The van der Waals surface area contributed by atoms with Crippen LogP contribution in [-0.4, -0.2) is 56.6 Å². The van der Waals surface area contributed by atoms with Gasteiger partial charge in [0.05, 0.1) is 38.3 Å². The number of rotatable bonds is 8. The number of aryl methyl sites for hydroxylation is 1.